The van der Waals surface area contributed by atoms with Crippen molar-refractivity contribution in [1.29, 1.82) is 0 Å². The number of nitrogens with zero attached hydrogens (tertiary/aromatic N) is 5. The van der Waals surface area contributed by atoms with E-state index in [9.17, 15) is 4.79 Å². The maximum atomic E-state index is 12.4. The van der Waals surface area contributed by atoms with Crippen LogP contribution in [0.2, 0.25) is 0 Å². The van der Waals surface area contributed by atoms with Gasteiger partial charge in [0.15, 0.2) is 0 Å². The second-order valence-electron chi connectivity index (χ2n) is 7.16. The molecule has 144 valence electrons. The zero-order valence-corrected chi connectivity index (χ0v) is 15.7. The molecule has 1 aliphatic heterocycles. The normalized spacial score (nSPS) is 16.9. The van der Waals surface area contributed by atoms with Gasteiger partial charge in [-0.1, -0.05) is 42.5 Å². The zero-order chi connectivity index (χ0) is 19.2. The molecule has 1 fully saturated rings. The van der Waals surface area contributed by atoms with Crippen LogP contribution in [0.4, 0.5) is 0 Å². The topological polar surface area (TPSA) is 75.9 Å². The second kappa shape index (κ2) is 8.75. The molecule has 1 N–H and O–H groups in total. The van der Waals surface area contributed by atoms with Crippen LogP contribution >= 0.6 is 0 Å². The number of rotatable bonds is 7. The lowest BCUT2D eigenvalue weighted by Gasteiger charge is -2.16. The Morgan fingerprint density at radius 3 is 2.68 bits per heavy atom. The van der Waals surface area contributed by atoms with Crippen LogP contribution in [0, 0.1) is 0 Å². The quantitative estimate of drug-likeness (QED) is 0.682. The SMILES string of the molecule is O=C(NCCN1CCC(c2ccccc2)C1)c1ccc(Cn2cnnn2)cc1. The van der Waals surface area contributed by atoms with E-state index in [1.807, 2.05) is 24.3 Å². The average molecular weight is 376 g/mol. The molecule has 0 aliphatic carbocycles. The molecule has 1 saturated heterocycles. The maximum Gasteiger partial charge on any atom is 0.251 e. The molecule has 4 rings (SSSR count). The third-order valence-corrected chi connectivity index (χ3v) is 5.21. The van der Waals surface area contributed by atoms with E-state index in [0.29, 0.717) is 24.6 Å². The maximum absolute atomic E-state index is 12.4. The summed E-state index contributed by atoms with van der Waals surface area (Å²) in [4.78, 5) is 14.8. The number of likely N-dealkylation sites (tertiary alicyclic amines) is 1. The summed E-state index contributed by atoms with van der Waals surface area (Å²) in [6.07, 6.45) is 2.75. The minimum Gasteiger partial charge on any atom is -0.351 e. The van der Waals surface area contributed by atoms with E-state index in [-0.39, 0.29) is 5.91 Å². The van der Waals surface area contributed by atoms with Gasteiger partial charge in [0.05, 0.1) is 6.54 Å². The molecule has 1 atom stereocenters. The zero-order valence-electron chi connectivity index (χ0n) is 15.7. The smallest absolute Gasteiger partial charge is 0.251 e. The molecular formula is C21H24N6O. The molecule has 1 unspecified atom stereocenters. The highest BCUT2D eigenvalue weighted by atomic mass is 16.1. The Balaban J connectivity index is 1.21. The lowest BCUT2D eigenvalue weighted by Crippen LogP contribution is -2.33. The summed E-state index contributed by atoms with van der Waals surface area (Å²) in [6.45, 7) is 4.28. The van der Waals surface area contributed by atoms with Gasteiger partial charge in [-0.15, -0.1) is 5.10 Å². The number of hydrogen-bond donors (Lipinski definition) is 1. The number of nitrogens with one attached hydrogen (secondary N) is 1. The molecule has 0 radical (unpaired) electrons. The van der Waals surface area contributed by atoms with Crippen LogP contribution in [-0.2, 0) is 6.54 Å². The molecule has 2 heterocycles. The highest BCUT2D eigenvalue weighted by Gasteiger charge is 2.23. The Morgan fingerprint density at radius 2 is 1.93 bits per heavy atom. The highest BCUT2D eigenvalue weighted by Crippen LogP contribution is 2.26. The number of benzene rings is 2. The van der Waals surface area contributed by atoms with Gasteiger partial charge in [-0.2, -0.15) is 0 Å². The Labute approximate surface area is 164 Å². The Bertz CT molecular complexity index is 879. The van der Waals surface area contributed by atoms with Crippen molar-refractivity contribution in [1.82, 2.24) is 30.4 Å². The van der Waals surface area contributed by atoms with Crippen LogP contribution in [0.5, 0.6) is 0 Å². The fourth-order valence-corrected chi connectivity index (χ4v) is 3.66. The minimum atomic E-state index is -0.0345. The average Bonchev–Trinajstić information content (AvgIpc) is 3.41. The van der Waals surface area contributed by atoms with Gasteiger partial charge in [-0.05, 0) is 52.6 Å². The lowest BCUT2D eigenvalue weighted by atomic mass is 9.99. The molecule has 28 heavy (non-hydrogen) atoms. The largest absolute Gasteiger partial charge is 0.351 e. The van der Waals surface area contributed by atoms with E-state index in [0.717, 1.165) is 25.2 Å². The van der Waals surface area contributed by atoms with Crippen LogP contribution in [0.25, 0.3) is 0 Å². The van der Waals surface area contributed by atoms with E-state index >= 15 is 0 Å². The first-order chi connectivity index (χ1) is 13.8. The summed E-state index contributed by atoms with van der Waals surface area (Å²) >= 11 is 0. The molecule has 1 amide bonds. The molecule has 0 saturated carbocycles. The van der Waals surface area contributed by atoms with E-state index in [1.54, 1.807) is 11.0 Å². The first-order valence-electron chi connectivity index (χ1n) is 9.63. The molecule has 3 aromatic rings. The molecule has 7 nitrogen and oxygen atoms in total. The van der Waals surface area contributed by atoms with Crippen molar-refractivity contribution in [3.63, 3.8) is 0 Å². The number of tetrazole rings is 1. The van der Waals surface area contributed by atoms with Crippen molar-refractivity contribution in [3.8, 4) is 0 Å². The third-order valence-electron chi connectivity index (χ3n) is 5.21. The summed E-state index contributed by atoms with van der Waals surface area (Å²) < 4.78 is 1.65. The van der Waals surface area contributed by atoms with Gasteiger partial charge in [0.2, 0.25) is 0 Å². The summed E-state index contributed by atoms with van der Waals surface area (Å²) in [5.74, 6) is 0.567. The van der Waals surface area contributed by atoms with Crippen molar-refractivity contribution < 1.29 is 4.79 Å². The third kappa shape index (κ3) is 4.61. The Hall–Kier alpha value is -3.06. The van der Waals surface area contributed by atoms with Crippen LogP contribution in [-0.4, -0.2) is 57.2 Å². The molecule has 1 aliphatic rings. The fourth-order valence-electron chi connectivity index (χ4n) is 3.66. The van der Waals surface area contributed by atoms with E-state index in [1.165, 1.54) is 12.0 Å². The van der Waals surface area contributed by atoms with Crippen LogP contribution in [0.1, 0.15) is 33.8 Å². The minimum absolute atomic E-state index is 0.0345. The Kier molecular flexibility index (Phi) is 5.72. The first kappa shape index (κ1) is 18.3. The molecule has 2 aromatic carbocycles. The van der Waals surface area contributed by atoms with Crippen molar-refractivity contribution in [2.45, 2.75) is 18.9 Å². The molecule has 0 spiro atoms. The van der Waals surface area contributed by atoms with Gasteiger partial charge in [-0.3, -0.25) is 4.79 Å². The molecular weight excluding hydrogens is 352 g/mol. The highest BCUT2D eigenvalue weighted by molar-refractivity contribution is 5.94. The number of carbonyl (C=O) groups excluding carboxylic acids is 1. The standard InChI is InChI=1S/C21H24N6O/c28-21(19-8-6-17(7-9-19)14-27-16-23-24-25-27)22-11-13-26-12-10-20(15-26)18-4-2-1-3-5-18/h1-9,16,20H,10-15H2,(H,22,28). The van der Waals surface area contributed by atoms with Crippen LogP contribution in [0.3, 0.4) is 0 Å². The van der Waals surface area contributed by atoms with Crippen molar-refractivity contribution in [3.05, 3.63) is 77.6 Å². The van der Waals surface area contributed by atoms with Gasteiger partial charge < -0.3 is 10.2 Å². The van der Waals surface area contributed by atoms with Gasteiger partial charge >= 0.3 is 0 Å². The summed E-state index contributed by atoms with van der Waals surface area (Å²) in [6, 6.07) is 18.2. The predicted octanol–water partition coefficient (Wildman–Crippen LogP) is 1.94. The van der Waals surface area contributed by atoms with Crippen LogP contribution < -0.4 is 5.32 Å². The number of amides is 1. The van der Waals surface area contributed by atoms with Gasteiger partial charge in [0, 0.05) is 25.2 Å². The summed E-state index contributed by atoms with van der Waals surface area (Å²) in [5, 5.41) is 14.1. The van der Waals surface area contributed by atoms with E-state index in [2.05, 4.69) is 56.1 Å². The second-order valence-corrected chi connectivity index (χ2v) is 7.16. The number of aromatic nitrogens is 4. The monoisotopic (exact) mass is 376 g/mol. The summed E-state index contributed by atoms with van der Waals surface area (Å²) in [5.41, 5.74) is 3.13. The Morgan fingerprint density at radius 1 is 1.11 bits per heavy atom. The van der Waals surface area contributed by atoms with Gasteiger partial charge in [-0.25, -0.2) is 4.68 Å². The van der Waals surface area contributed by atoms with Crippen LogP contribution in [0.15, 0.2) is 60.9 Å². The lowest BCUT2D eigenvalue weighted by molar-refractivity contribution is 0.0949. The summed E-state index contributed by atoms with van der Waals surface area (Å²) in [7, 11) is 0. The number of carbonyl (C=O) groups is 1. The molecule has 7 heteroatoms. The van der Waals surface area contributed by atoms with E-state index in [4.69, 9.17) is 0 Å². The molecule has 0 bridgehead atoms. The number of hydrogen-bond acceptors (Lipinski definition) is 5. The van der Waals surface area contributed by atoms with E-state index < -0.39 is 0 Å². The fraction of sp³-hybridized carbons (Fsp3) is 0.333. The van der Waals surface area contributed by atoms with Crippen molar-refractivity contribution in [2.24, 2.45) is 0 Å². The van der Waals surface area contributed by atoms with Gasteiger partial charge in [0.1, 0.15) is 6.33 Å². The van der Waals surface area contributed by atoms with Crippen molar-refractivity contribution >= 4 is 5.91 Å². The first-order valence-corrected chi connectivity index (χ1v) is 9.63. The van der Waals surface area contributed by atoms with Gasteiger partial charge in [0.25, 0.3) is 5.91 Å². The van der Waals surface area contributed by atoms with Crippen molar-refractivity contribution in [2.75, 3.05) is 26.2 Å². The molecule has 1 aromatic heterocycles. The predicted molar refractivity (Wildman–Crippen MR) is 106 cm³/mol.